The minimum Gasteiger partial charge on any atom is -0.433 e. The van der Waals surface area contributed by atoms with Gasteiger partial charge in [0, 0.05) is 18.9 Å². The molecular weight excluding hydrogens is 268 g/mol. The van der Waals surface area contributed by atoms with Gasteiger partial charge in [0.25, 0.3) is 0 Å². The molecular formula is C17H28O4. The lowest BCUT2D eigenvalue weighted by molar-refractivity contribution is -0.320. The van der Waals surface area contributed by atoms with E-state index in [-0.39, 0.29) is 24.1 Å². The van der Waals surface area contributed by atoms with Gasteiger partial charge in [-0.25, -0.2) is 0 Å². The van der Waals surface area contributed by atoms with Crippen LogP contribution < -0.4 is 0 Å². The van der Waals surface area contributed by atoms with Gasteiger partial charge in [0.15, 0.2) is 0 Å². The lowest BCUT2D eigenvalue weighted by atomic mass is 9.73. The minimum absolute atomic E-state index is 0.0707. The standard InChI is InChI=1S/C17H28O4/c1-11(2)13-7-6-12(3)17(10-13)20-15(9-16(18)21-17)14-5-4-8-19-14/h11-15H,4-10H2,1-3H3/t12-,13-,14+,15-,17-/m1/s1. The molecule has 4 nitrogen and oxygen atoms in total. The Labute approximate surface area is 127 Å². The molecule has 3 aliphatic rings. The van der Waals surface area contributed by atoms with Crippen LogP contribution in [0.25, 0.3) is 0 Å². The average Bonchev–Trinajstić information content (AvgIpc) is 2.95. The van der Waals surface area contributed by atoms with E-state index in [4.69, 9.17) is 14.2 Å². The van der Waals surface area contributed by atoms with Crippen molar-refractivity contribution in [3.63, 3.8) is 0 Å². The maximum Gasteiger partial charge on any atom is 0.311 e. The minimum atomic E-state index is -0.709. The number of carbonyl (C=O) groups is 1. The molecule has 1 aliphatic carbocycles. The maximum atomic E-state index is 12.2. The maximum absolute atomic E-state index is 12.2. The highest BCUT2D eigenvalue weighted by Crippen LogP contribution is 2.46. The highest BCUT2D eigenvalue weighted by atomic mass is 16.7. The predicted molar refractivity (Wildman–Crippen MR) is 78.6 cm³/mol. The second-order valence-corrected chi connectivity index (χ2v) is 7.38. The molecule has 4 heteroatoms. The number of ether oxygens (including phenoxy) is 3. The van der Waals surface area contributed by atoms with Crippen LogP contribution in [0.3, 0.4) is 0 Å². The summed E-state index contributed by atoms with van der Waals surface area (Å²) >= 11 is 0. The van der Waals surface area contributed by atoms with Crippen LogP contribution in [0.2, 0.25) is 0 Å². The first kappa shape index (κ1) is 15.3. The third kappa shape index (κ3) is 2.98. The van der Waals surface area contributed by atoms with Crippen LogP contribution in [0.15, 0.2) is 0 Å². The van der Waals surface area contributed by atoms with Crippen LogP contribution in [0.5, 0.6) is 0 Å². The van der Waals surface area contributed by atoms with Crippen molar-refractivity contribution in [3.8, 4) is 0 Å². The van der Waals surface area contributed by atoms with E-state index in [1.54, 1.807) is 0 Å². The zero-order valence-corrected chi connectivity index (χ0v) is 13.5. The lowest BCUT2D eigenvalue weighted by Crippen LogP contribution is -2.56. The van der Waals surface area contributed by atoms with E-state index in [1.165, 1.54) is 6.42 Å². The van der Waals surface area contributed by atoms with Crippen molar-refractivity contribution >= 4 is 5.97 Å². The number of hydrogen-bond donors (Lipinski definition) is 0. The quantitative estimate of drug-likeness (QED) is 0.734. The molecule has 0 radical (unpaired) electrons. The number of hydrogen-bond acceptors (Lipinski definition) is 4. The molecule has 1 saturated carbocycles. The molecule has 1 spiro atoms. The van der Waals surface area contributed by atoms with Crippen molar-refractivity contribution in [1.29, 1.82) is 0 Å². The highest BCUT2D eigenvalue weighted by molar-refractivity contribution is 5.71. The van der Waals surface area contributed by atoms with E-state index in [0.717, 1.165) is 32.3 Å². The summed E-state index contributed by atoms with van der Waals surface area (Å²) in [6, 6.07) is 0. The van der Waals surface area contributed by atoms with Gasteiger partial charge in [-0.05, 0) is 37.5 Å². The Bertz CT molecular complexity index is 388. The SMILES string of the molecule is CC(C)[C@@H]1CC[C@@H](C)[C@@]2(C1)OC(=O)C[C@H]([C@@H]1CCCO1)O2. The molecule has 0 aromatic carbocycles. The molecule has 21 heavy (non-hydrogen) atoms. The van der Waals surface area contributed by atoms with E-state index in [0.29, 0.717) is 18.3 Å². The molecule has 2 heterocycles. The summed E-state index contributed by atoms with van der Waals surface area (Å²) in [5.74, 6) is 0.606. The third-order valence-corrected chi connectivity index (χ3v) is 5.60. The Morgan fingerprint density at radius 3 is 2.67 bits per heavy atom. The van der Waals surface area contributed by atoms with Crippen LogP contribution in [-0.4, -0.2) is 30.6 Å². The molecule has 120 valence electrons. The van der Waals surface area contributed by atoms with Gasteiger partial charge < -0.3 is 14.2 Å². The van der Waals surface area contributed by atoms with E-state index >= 15 is 0 Å². The van der Waals surface area contributed by atoms with Crippen molar-refractivity contribution in [2.75, 3.05) is 6.61 Å². The van der Waals surface area contributed by atoms with Crippen molar-refractivity contribution in [2.45, 2.75) is 77.3 Å². The average molecular weight is 296 g/mol. The van der Waals surface area contributed by atoms with Gasteiger partial charge in [-0.1, -0.05) is 20.8 Å². The smallest absolute Gasteiger partial charge is 0.311 e. The Morgan fingerprint density at radius 2 is 2.00 bits per heavy atom. The van der Waals surface area contributed by atoms with Gasteiger partial charge in [0.2, 0.25) is 5.79 Å². The van der Waals surface area contributed by atoms with Gasteiger partial charge in [-0.2, -0.15) is 0 Å². The second kappa shape index (κ2) is 5.88. The molecule has 2 aliphatic heterocycles. The highest BCUT2D eigenvalue weighted by Gasteiger charge is 2.52. The first-order valence-electron chi connectivity index (χ1n) is 8.51. The summed E-state index contributed by atoms with van der Waals surface area (Å²) in [5.41, 5.74) is 0. The van der Waals surface area contributed by atoms with Gasteiger partial charge in [-0.15, -0.1) is 0 Å². The first-order valence-corrected chi connectivity index (χ1v) is 8.51. The second-order valence-electron chi connectivity index (χ2n) is 7.38. The number of carbonyl (C=O) groups excluding carboxylic acids is 1. The fourth-order valence-electron chi connectivity index (χ4n) is 4.05. The largest absolute Gasteiger partial charge is 0.433 e. The van der Waals surface area contributed by atoms with Crippen LogP contribution >= 0.6 is 0 Å². The zero-order chi connectivity index (χ0) is 15.0. The van der Waals surface area contributed by atoms with Crippen LogP contribution in [0, 0.1) is 17.8 Å². The Morgan fingerprint density at radius 1 is 1.19 bits per heavy atom. The molecule has 0 N–H and O–H groups in total. The third-order valence-electron chi connectivity index (χ3n) is 5.60. The van der Waals surface area contributed by atoms with Gasteiger partial charge in [0.1, 0.15) is 0 Å². The van der Waals surface area contributed by atoms with E-state index in [2.05, 4.69) is 20.8 Å². The lowest BCUT2D eigenvalue weighted by Gasteiger charge is -2.49. The van der Waals surface area contributed by atoms with Crippen molar-refractivity contribution in [3.05, 3.63) is 0 Å². The Kier molecular flexibility index (Phi) is 4.28. The van der Waals surface area contributed by atoms with Crippen molar-refractivity contribution < 1.29 is 19.0 Å². The van der Waals surface area contributed by atoms with Gasteiger partial charge in [-0.3, -0.25) is 4.79 Å². The summed E-state index contributed by atoms with van der Waals surface area (Å²) in [6.45, 7) is 7.44. The van der Waals surface area contributed by atoms with E-state index in [9.17, 15) is 4.79 Å². The summed E-state index contributed by atoms with van der Waals surface area (Å²) < 4.78 is 17.9. The zero-order valence-electron chi connectivity index (χ0n) is 13.5. The Hall–Kier alpha value is -0.610. The predicted octanol–water partition coefficient (Wildman–Crippen LogP) is 3.29. The van der Waals surface area contributed by atoms with Crippen LogP contribution in [0.1, 0.15) is 59.3 Å². The molecule has 0 aromatic rings. The topological polar surface area (TPSA) is 44.8 Å². The summed E-state index contributed by atoms with van der Waals surface area (Å²) in [5, 5.41) is 0. The first-order chi connectivity index (χ1) is 10.00. The molecule has 0 aromatic heterocycles. The molecule has 0 bridgehead atoms. The van der Waals surface area contributed by atoms with Crippen molar-refractivity contribution in [1.82, 2.24) is 0 Å². The van der Waals surface area contributed by atoms with E-state index in [1.807, 2.05) is 0 Å². The monoisotopic (exact) mass is 296 g/mol. The van der Waals surface area contributed by atoms with Gasteiger partial charge in [0.05, 0.1) is 18.6 Å². The normalized spacial score (nSPS) is 44.3. The van der Waals surface area contributed by atoms with Crippen molar-refractivity contribution in [2.24, 2.45) is 17.8 Å². The summed E-state index contributed by atoms with van der Waals surface area (Å²) in [7, 11) is 0. The number of esters is 1. The fourth-order valence-corrected chi connectivity index (χ4v) is 4.05. The number of rotatable bonds is 2. The molecule has 2 saturated heterocycles. The Balaban J connectivity index is 1.78. The molecule has 0 unspecified atom stereocenters. The molecule has 5 atom stereocenters. The van der Waals surface area contributed by atoms with E-state index < -0.39 is 5.79 Å². The molecule has 3 rings (SSSR count). The molecule has 3 fully saturated rings. The summed E-state index contributed by atoms with van der Waals surface area (Å²) in [4.78, 5) is 12.2. The van der Waals surface area contributed by atoms with Crippen LogP contribution in [-0.2, 0) is 19.0 Å². The fraction of sp³-hybridized carbons (Fsp3) is 0.941. The van der Waals surface area contributed by atoms with Gasteiger partial charge >= 0.3 is 5.97 Å². The van der Waals surface area contributed by atoms with Crippen LogP contribution in [0.4, 0.5) is 0 Å². The molecule has 0 amide bonds. The summed E-state index contributed by atoms with van der Waals surface area (Å²) in [6.07, 6.45) is 5.45.